The van der Waals surface area contributed by atoms with Crippen molar-refractivity contribution in [1.82, 2.24) is 41.3 Å². The van der Waals surface area contributed by atoms with Crippen LogP contribution in [0.2, 0.25) is 0 Å². The number of nitrogens with one attached hydrogen (secondary N) is 6. The van der Waals surface area contributed by atoms with E-state index in [0.29, 0.717) is 12.1 Å². The Kier molecular flexibility index (Phi) is 60.1. The van der Waals surface area contributed by atoms with Gasteiger partial charge in [-0.05, 0) is 231 Å². The quantitative estimate of drug-likeness (QED) is 0.132. The lowest BCUT2D eigenvalue weighted by Crippen LogP contribution is -2.47. The molecule has 0 amide bonds. The molecule has 0 spiro atoms. The number of anilines is 1. The molecule has 482 valence electrons. The Hall–Kier alpha value is -2.08. The van der Waals surface area contributed by atoms with Gasteiger partial charge in [0, 0.05) is 68.6 Å². The average Bonchev–Trinajstić information content (AvgIpc) is 4.03. The van der Waals surface area contributed by atoms with Crippen molar-refractivity contribution in [3.8, 4) is 0 Å². The SMILES string of the molecule is C.C.CC.CC.CC(C)C1CCCCN1.CC(C)C1CCCNC1.CC(C)C1CCNCC1.CC(C)C1CCNCC1.CC(C)N1CCCC1.CC(C)N1CCN(C)CC1.CC(C)NCc1ccccc1.CC(C)Nc1ccccc1. The first-order chi connectivity index (χ1) is 37.8. The van der Waals surface area contributed by atoms with Crippen LogP contribution in [0.3, 0.4) is 0 Å². The highest BCUT2D eigenvalue weighted by Gasteiger charge is 2.19. The molecule has 0 aromatic heterocycles. The molecule has 6 saturated heterocycles. The van der Waals surface area contributed by atoms with Crippen molar-refractivity contribution >= 4 is 5.69 Å². The van der Waals surface area contributed by atoms with Crippen LogP contribution in [-0.4, -0.2) is 137 Å². The molecule has 0 bridgehead atoms. The summed E-state index contributed by atoms with van der Waals surface area (Å²) in [6.45, 7) is 61.5. The van der Waals surface area contributed by atoms with E-state index < -0.39 is 0 Å². The maximum Gasteiger partial charge on any atom is 0.0342 e. The second-order valence-corrected chi connectivity index (χ2v) is 25.3. The zero-order chi connectivity index (χ0) is 59.8. The highest BCUT2D eigenvalue weighted by Crippen LogP contribution is 2.22. The largest absolute Gasteiger partial charge is 0.383 e. The summed E-state index contributed by atoms with van der Waals surface area (Å²) in [4.78, 5) is 7.44. The van der Waals surface area contributed by atoms with E-state index in [-0.39, 0.29) is 14.9 Å². The Labute approximate surface area is 510 Å². The predicted octanol–water partition coefficient (Wildman–Crippen LogP) is 16.9. The summed E-state index contributed by atoms with van der Waals surface area (Å²) in [5.41, 5.74) is 2.54. The molecule has 6 heterocycles. The maximum absolute atomic E-state index is 3.52. The summed E-state index contributed by atoms with van der Waals surface area (Å²) in [7, 11) is 2.19. The van der Waals surface area contributed by atoms with E-state index in [9.17, 15) is 0 Å². The molecule has 6 fully saturated rings. The van der Waals surface area contributed by atoms with Crippen molar-refractivity contribution < 1.29 is 0 Å². The second kappa shape index (κ2) is 57.0. The van der Waals surface area contributed by atoms with Crippen molar-refractivity contribution in [2.45, 2.75) is 261 Å². The van der Waals surface area contributed by atoms with Gasteiger partial charge >= 0.3 is 0 Å². The van der Waals surface area contributed by atoms with Crippen LogP contribution in [0.4, 0.5) is 5.69 Å². The molecule has 2 aromatic carbocycles. The lowest BCUT2D eigenvalue weighted by atomic mass is 9.87. The molecular weight excluding hydrogens is 991 g/mol. The topological polar surface area (TPSA) is 81.9 Å². The first-order valence-electron chi connectivity index (χ1n) is 33.4. The molecule has 8 rings (SSSR count). The molecule has 81 heavy (non-hydrogen) atoms. The molecule has 2 atom stereocenters. The Bertz CT molecular complexity index is 1390. The minimum atomic E-state index is 0. The lowest BCUT2D eigenvalue weighted by Gasteiger charge is -2.34. The number of para-hydroxylation sites is 1. The van der Waals surface area contributed by atoms with Gasteiger partial charge < -0.3 is 41.7 Å². The summed E-state index contributed by atoms with van der Waals surface area (Å²) < 4.78 is 0. The Balaban J connectivity index is -0.000000413. The molecule has 6 aliphatic rings. The highest BCUT2D eigenvalue weighted by atomic mass is 15.3. The van der Waals surface area contributed by atoms with Crippen LogP contribution >= 0.6 is 0 Å². The number of benzene rings is 2. The van der Waals surface area contributed by atoms with Gasteiger partial charge in [-0.25, -0.2) is 0 Å². The zero-order valence-electron chi connectivity index (χ0n) is 56.7. The van der Waals surface area contributed by atoms with Gasteiger partial charge in [0.1, 0.15) is 0 Å². The van der Waals surface area contributed by atoms with Gasteiger partial charge in [-0.1, -0.05) is 167 Å². The zero-order valence-corrected chi connectivity index (χ0v) is 56.7. The Morgan fingerprint density at radius 1 is 0.432 bits per heavy atom. The molecule has 0 saturated carbocycles. The van der Waals surface area contributed by atoms with Gasteiger partial charge in [0.15, 0.2) is 0 Å². The predicted molar refractivity (Wildman–Crippen MR) is 372 cm³/mol. The molecule has 6 aliphatic heterocycles. The van der Waals surface area contributed by atoms with Gasteiger partial charge in [0.05, 0.1) is 0 Å². The van der Waals surface area contributed by atoms with Crippen LogP contribution < -0.4 is 31.9 Å². The van der Waals surface area contributed by atoms with Crippen molar-refractivity contribution in [3.63, 3.8) is 0 Å². The summed E-state index contributed by atoms with van der Waals surface area (Å²) in [6, 6.07) is 24.1. The monoisotopic (exact) mass is 1140 g/mol. The van der Waals surface area contributed by atoms with E-state index in [1.807, 2.05) is 52.0 Å². The fourth-order valence-corrected chi connectivity index (χ4v) is 10.3. The summed E-state index contributed by atoms with van der Waals surface area (Å²) >= 11 is 0. The number of likely N-dealkylation sites (N-methyl/N-ethyl adjacent to an activating group) is 1. The standard InChI is InChI=1S/C10H15N.C9H13N.C8H18N2.4C8H17N.C7H15N.2C2H6.2CH4/c1-9(2)11-8-10-6-4-3-5-7-10;1-8(2)10-9-6-4-3-5-7-9;1-8(2)10-6-4-9(3)5-7-10;2*1-7(2)8-3-5-9-6-4-8;1-7(2)8-4-3-5-9-6-8;1-7(2)8-5-3-4-6-9-8;1-7(2)8-5-3-4-6-8;2*1-2;;/h3-7,9,11H,8H2,1-2H3;3-8,10H,1-2H3;8H,4-7H2,1-3H3;4*7-9H,3-6H2,1-2H3;7H,3-6H2,1-2H3;2*1-2H3;2*1H4. The van der Waals surface area contributed by atoms with E-state index >= 15 is 0 Å². The average molecular weight is 1140 g/mol. The van der Waals surface area contributed by atoms with Crippen molar-refractivity contribution in [2.75, 3.05) is 97.4 Å². The highest BCUT2D eigenvalue weighted by molar-refractivity contribution is 5.42. The first kappa shape index (κ1) is 85.4. The molecule has 6 N–H and O–H groups in total. The third-order valence-electron chi connectivity index (χ3n) is 16.0. The van der Waals surface area contributed by atoms with E-state index in [2.05, 4.69) is 201 Å². The molecule has 9 heteroatoms. The smallest absolute Gasteiger partial charge is 0.0342 e. The van der Waals surface area contributed by atoms with E-state index in [4.69, 9.17) is 0 Å². The summed E-state index contributed by atoms with van der Waals surface area (Å²) in [5, 5.41) is 20.3. The van der Waals surface area contributed by atoms with Gasteiger partial charge in [-0.15, -0.1) is 0 Å². The van der Waals surface area contributed by atoms with Crippen LogP contribution in [0.25, 0.3) is 0 Å². The van der Waals surface area contributed by atoms with Crippen molar-refractivity contribution in [1.29, 1.82) is 0 Å². The van der Waals surface area contributed by atoms with E-state index in [1.165, 1.54) is 167 Å². The molecule has 0 radical (unpaired) electrons. The molecular formula is C72H149N9. The van der Waals surface area contributed by atoms with Gasteiger partial charge in [-0.2, -0.15) is 0 Å². The number of hydrogen-bond acceptors (Lipinski definition) is 9. The molecule has 0 aliphatic carbocycles. The maximum atomic E-state index is 3.52. The number of piperazine rings is 1. The second-order valence-electron chi connectivity index (χ2n) is 25.3. The summed E-state index contributed by atoms with van der Waals surface area (Å²) in [6.07, 6.45) is 15.4. The van der Waals surface area contributed by atoms with Crippen molar-refractivity contribution in [3.05, 3.63) is 66.2 Å². The van der Waals surface area contributed by atoms with Crippen LogP contribution in [0.5, 0.6) is 0 Å². The van der Waals surface area contributed by atoms with Crippen LogP contribution in [-0.2, 0) is 6.54 Å². The normalized spacial score (nSPS) is 19.6. The summed E-state index contributed by atoms with van der Waals surface area (Å²) in [5.74, 6) is 6.42. The molecule has 2 aromatic rings. The number of likely N-dealkylation sites (tertiary alicyclic amines) is 1. The van der Waals surface area contributed by atoms with E-state index in [0.717, 1.165) is 66.1 Å². The Morgan fingerprint density at radius 2 is 0.877 bits per heavy atom. The van der Waals surface area contributed by atoms with Crippen molar-refractivity contribution in [2.24, 2.45) is 41.4 Å². The number of hydrogen-bond donors (Lipinski definition) is 6. The third kappa shape index (κ3) is 48.8. The lowest BCUT2D eigenvalue weighted by molar-refractivity contribution is 0.126. The number of nitrogens with zero attached hydrogens (tertiary/aromatic N) is 3. The van der Waals surface area contributed by atoms with Crippen LogP contribution in [0.1, 0.15) is 230 Å². The van der Waals surface area contributed by atoms with Crippen LogP contribution in [0, 0.1) is 41.4 Å². The third-order valence-corrected chi connectivity index (χ3v) is 16.0. The van der Waals surface area contributed by atoms with Gasteiger partial charge in [-0.3, -0.25) is 4.90 Å². The molecule has 2 unspecified atom stereocenters. The fourth-order valence-electron chi connectivity index (χ4n) is 10.3. The number of rotatable bonds is 11. The minimum Gasteiger partial charge on any atom is -0.383 e. The minimum absolute atomic E-state index is 0. The molecule has 9 nitrogen and oxygen atoms in total. The van der Waals surface area contributed by atoms with Gasteiger partial charge in [0.25, 0.3) is 0 Å². The fraction of sp³-hybridized carbons (Fsp3) is 0.833. The Morgan fingerprint density at radius 3 is 1.19 bits per heavy atom. The first-order valence-corrected chi connectivity index (χ1v) is 33.4. The van der Waals surface area contributed by atoms with Gasteiger partial charge in [0.2, 0.25) is 0 Å². The van der Waals surface area contributed by atoms with Crippen LogP contribution in [0.15, 0.2) is 60.7 Å². The number of piperidine rings is 4. The van der Waals surface area contributed by atoms with E-state index in [1.54, 1.807) is 0 Å².